The van der Waals surface area contributed by atoms with Crippen LogP contribution < -0.4 is 4.74 Å². The Balaban J connectivity index is 1.53. The van der Waals surface area contributed by atoms with Crippen molar-refractivity contribution in [2.24, 2.45) is 0 Å². The summed E-state index contributed by atoms with van der Waals surface area (Å²) in [5, 5.41) is 11.2. The number of thiazole rings is 1. The average molecular weight is 453 g/mol. The minimum Gasteiger partial charge on any atom is -0.480 e. The molecule has 9 heteroatoms. The minimum atomic E-state index is -0.925. The molecule has 0 atom stereocenters. The highest BCUT2D eigenvalue weighted by Gasteiger charge is 2.29. The van der Waals surface area contributed by atoms with E-state index in [9.17, 15) is 14.3 Å². The molecular formula is C20H18ClFN2O3S2. The van der Waals surface area contributed by atoms with Crippen LogP contribution in [-0.4, -0.2) is 32.4 Å². The smallest absolute Gasteiger partial charge is 0.319 e. The molecule has 0 unspecified atom stereocenters. The zero-order chi connectivity index (χ0) is 21.0. The number of thioether (sulfide) groups is 1. The third-order valence-electron chi connectivity index (χ3n) is 3.99. The van der Waals surface area contributed by atoms with Gasteiger partial charge in [-0.3, -0.25) is 4.79 Å². The Morgan fingerprint density at radius 2 is 2.07 bits per heavy atom. The molecule has 29 heavy (non-hydrogen) atoms. The number of ether oxygens (including phenoxy) is 1. The van der Waals surface area contributed by atoms with Crippen molar-refractivity contribution in [3.8, 4) is 17.0 Å². The summed E-state index contributed by atoms with van der Waals surface area (Å²) in [7, 11) is 0. The Hall–Kier alpha value is -2.16. The Labute approximate surface area is 180 Å². The monoisotopic (exact) mass is 452 g/mol. The van der Waals surface area contributed by atoms with Gasteiger partial charge in [0.15, 0.2) is 4.34 Å². The van der Waals surface area contributed by atoms with E-state index in [1.54, 1.807) is 38.2 Å². The third-order valence-corrected chi connectivity index (χ3v) is 6.45. The van der Waals surface area contributed by atoms with Crippen molar-refractivity contribution >= 4 is 40.7 Å². The summed E-state index contributed by atoms with van der Waals surface area (Å²) in [6.07, 6.45) is 2.23. The molecule has 1 N–H and O–H groups in total. The highest BCUT2D eigenvalue weighted by Crippen LogP contribution is 2.34. The standard InChI is InChI=1S/C20H18ClFN2O3S2/c1-20(2,18(25)26)29-19-24-14(11-28-19)7-8-27-17-6-4-13(10-23-17)12-3-5-16(22)15(21)9-12/h3-6,9-11H,7-8H2,1-2H3,(H,25,26). The van der Waals surface area contributed by atoms with E-state index in [0.717, 1.165) is 16.8 Å². The van der Waals surface area contributed by atoms with Crippen LogP contribution in [0.25, 0.3) is 11.1 Å². The second-order valence-electron chi connectivity index (χ2n) is 6.63. The van der Waals surface area contributed by atoms with Crippen LogP contribution in [0.2, 0.25) is 5.02 Å². The maximum absolute atomic E-state index is 13.3. The number of nitrogens with zero attached hydrogens (tertiary/aromatic N) is 2. The van der Waals surface area contributed by atoms with Crippen LogP contribution in [0.1, 0.15) is 19.5 Å². The van der Waals surface area contributed by atoms with Gasteiger partial charge < -0.3 is 9.84 Å². The number of benzene rings is 1. The predicted octanol–water partition coefficient (Wildman–Crippen LogP) is 5.57. The summed E-state index contributed by atoms with van der Waals surface area (Å²) in [6.45, 7) is 3.70. The van der Waals surface area contributed by atoms with Gasteiger partial charge in [-0.25, -0.2) is 14.4 Å². The van der Waals surface area contributed by atoms with Crippen molar-refractivity contribution in [3.05, 3.63) is 58.4 Å². The van der Waals surface area contributed by atoms with E-state index >= 15 is 0 Å². The lowest BCUT2D eigenvalue weighted by molar-refractivity contribution is -0.138. The van der Waals surface area contributed by atoms with Gasteiger partial charge in [0.05, 0.1) is 17.3 Å². The summed E-state index contributed by atoms with van der Waals surface area (Å²) >= 11 is 8.47. The highest BCUT2D eigenvalue weighted by atomic mass is 35.5. The molecule has 0 saturated heterocycles. The van der Waals surface area contributed by atoms with Gasteiger partial charge in [0.25, 0.3) is 0 Å². The maximum Gasteiger partial charge on any atom is 0.319 e. The van der Waals surface area contributed by atoms with E-state index < -0.39 is 16.5 Å². The number of aromatic nitrogens is 2. The highest BCUT2D eigenvalue weighted by molar-refractivity contribution is 8.02. The maximum atomic E-state index is 13.3. The fraction of sp³-hybridized carbons (Fsp3) is 0.250. The van der Waals surface area contributed by atoms with Crippen LogP contribution in [0.4, 0.5) is 4.39 Å². The molecule has 3 rings (SSSR count). The molecule has 0 amide bonds. The van der Waals surface area contributed by atoms with Crippen molar-refractivity contribution in [2.45, 2.75) is 29.4 Å². The minimum absolute atomic E-state index is 0.0652. The summed E-state index contributed by atoms with van der Waals surface area (Å²) < 4.78 is 18.7. The van der Waals surface area contributed by atoms with E-state index in [-0.39, 0.29) is 5.02 Å². The molecule has 0 saturated carbocycles. The normalized spacial score (nSPS) is 11.4. The zero-order valence-electron chi connectivity index (χ0n) is 15.7. The van der Waals surface area contributed by atoms with E-state index in [2.05, 4.69) is 9.97 Å². The number of rotatable bonds is 8. The van der Waals surface area contributed by atoms with E-state index in [4.69, 9.17) is 16.3 Å². The topological polar surface area (TPSA) is 72.3 Å². The lowest BCUT2D eigenvalue weighted by Gasteiger charge is -2.15. The van der Waals surface area contributed by atoms with Crippen molar-refractivity contribution in [1.29, 1.82) is 0 Å². The Morgan fingerprint density at radius 1 is 1.31 bits per heavy atom. The number of pyridine rings is 1. The summed E-state index contributed by atoms with van der Waals surface area (Å²) in [5.74, 6) is -0.864. The lowest BCUT2D eigenvalue weighted by atomic mass is 10.1. The number of hydrogen-bond acceptors (Lipinski definition) is 6. The van der Waals surface area contributed by atoms with Gasteiger partial charge in [-0.1, -0.05) is 29.4 Å². The molecule has 3 aromatic rings. The van der Waals surface area contributed by atoms with Gasteiger partial charge in [0.1, 0.15) is 10.6 Å². The molecule has 0 radical (unpaired) electrons. The summed E-state index contributed by atoms with van der Waals surface area (Å²) in [5.41, 5.74) is 2.42. The van der Waals surface area contributed by atoms with E-state index in [0.29, 0.717) is 23.2 Å². The molecule has 5 nitrogen and oxygen atoms in total. The second-order valence-corrected chi connectivity index (χ2v) is 9.77. The van der Waals surface area contributed by atoms with Crippen LogP contribution in [-0.2, 0) is 11.2 Å². The molecule has 2 aromatic heterocycles. The van der Waals surface area contributed by atoms with Gasteiger partial charge in [-0.05, 0) is 37.6 Å². The largest absolute Gasteiger partial charge is 0.480 e. The first-order valence-corrected chi connectivity index (χ1v) is 10.7. The van der Waals surface area contributed by atoms with Gasteiger partial charge in [-0.2, -0.15) is 0 Å². The Morgan fingerprint density at radius 3 is 2.72 bits per heavy atom. The van der Waals surface area contributed by atoms with Gasteiger partial charge in [0.2, 0.25) is 5.88 Å². The van der Waals surface area contributed by atoms with Gasteiger partial charge >= 0.3 is 5.97 Å². The number of halogens is 2. The molecule has 1 aromatic carbocycles. The number of aliphatic carboxylic acids is 1. The predicted molar refractivity (Wildman–Crippen MR) is 114 cm³/mol. The molecule has 0 bridgehead atoms. The Kier molecular flexibility index (Phi) is 6.77. The molecule has 152 valence electrons. The molecular weight excluding hydrogens is 435 g/mol. The quantitative estimate of drug-likeness (QED) is 0.450. The van der Waals surface area contributed by atoms with Crippen molar-refractivity contribution < 1.29 is 19.0 Å². The summed E-state index contributed by atoms with van der Waals surface area (Å²) in [4.78, 5) is 19.9. The SMILES string of the molecule is CC(C)(Sc1nc(CCOc2ccc(-c3ccc(F)c(Cl)c3)cn2)cs1)C(=O)O. The molecule has 2 heterocycles. The number of carbonyl (C=O) groups is 1. The third kappa shape index (κ3) is 5.68. The number of hydrogen-bond donors (Lipinski definition) is 1. The van der Waals surface area contributed by atoms with Crippen LogP contribution in [0.5, 0.6) is 5.88 Å². The van der Waals surface area contributed by atoms with Crippen molar-refractivity contribution in [3.63, 3.8) is 0 Å². The van der Waals surface area contributed by atoms with Crippen molar-refractivity contribution in [1.82, 2.24) is 9.97 Å². The van der Waals surface area contributed by atoms with Crippen LogP contribution in [0.3, 0.4) is 0 Å². The Bertz CT molecular complexity index is 1010. The van der Waals surface area contributed by atoms with Crippen molar-refractivity contribution in [2.75, 3.05) is 6.61 Å². The first-order valence-electron chi connectivity index (χ1n) is 8.66. The molecule has 0 aliphatic rings. The fourth-order valence-corrected chi connectivity index (χ4v) is 4.69. The molecule has 0 spiro atoms. The molecule has 0 aliphatic heterocycles. The first-order chi connectivity index (χ1) is 13.7. The van der Waals surface area contributed by atoms with Crippen LogP contribution >= 0.6 is 34.7 Å². The lowest BCUT2D eigenvalue weighted by Crippen LogP contribution is -2.26. The van der Waals surface area contributed by atoms with E-state index in [1.165, 1.54) is 29.2 Å². The first kappa shape index (κ1) is 21.5. The average Bonchev–Trinajstić information content (AvgIpc) is 3.11. The van der Waals surface area contributed by atoms with Gasteiger partial charge in [-0.15, -0.1) is 11.3 Å². The van der Waals surface area contributed by atoms with Gasteiger partial charge in [0, 0.05) is 29.6 Å². The number of carboxylic acid groups (broad SMARTS) is 1. The van der Waals surface area contributed by atoms with Crippen LogP contribution in [0, 0.1) is 5.82 Å². The second kappa shape index (κ2) is 9.11. The summed E-state index contributed by atoms with van der Waals surface area (Å²) in [6, 6.07) is 8.09. The fourth-order valence-electron chi connectivity index (χ4n) is 2.28. The molecule has 0 aliphatic carbocycles. The van der Waals surface area contributed by atoms with E-state index in [1.807, 2.05) is 11.4 Å². The zero-order valence-corrected chi connectivity index (χ0v) is 18.1. The number of carboxylic acids is 1. The molecule has 0 fully saturated rings. The van der Waals surface area contributed by atoms with Crippen LogP contribution in [0.15, 0.2) is 46.2 Å².